The van der Waals surface area contributed by atoms with Crippen LogP contribution in [0.5, 0.6) is 0 Å². The second-order valence-corrected chi connectivity index (χ2v) is 4.99. The van der Waals surface area contributed by atoms with Gasteiger partial charge in [0.25, 0.3) is 0 Å². The minimum absolute atomic E-state index is 0.281. The number of esters is 1. The van der Waals surface area contributed by atoms with Crippen LogP contribution in [0.3, 0.4) is 0 Å². The molecule has 102 valence electrons. The molecule has 0 unspecified atom stereocenters. The minimum atomic E-state index is -0.496. The lowest BCUT2D eigenvalue weighted by atomic mass is 9.91. The number of morpholine rings is 1. The Morgan fingerprint density at radius 2 is 2.37 bits per heavy atom. The lowest BCUT2D eigenvalue weighted by molar-refractivity contribution is -0.0170. The fraction of sp³-hybridized carbons (Fsp3) is 0.500. The number of fused-ring (bicyclic) bond motifs is 2. The average molecular weight is 265 g/mol. The average Bonchev–Trinajstić information content (AvgIpc) is 2.44. The molecule has 0 spiro atoms. The van der Waals surface area contributed by atoms with Crippen molar-refractivity contribution >= 4 is 5.97 Å². The van der Waals surface area contributed by atoms with Crippen LogP contribution in [0, 0.1) is 5.82 Å². The Kier molecular flexibility index (Phi) is 3.24. The number of rotatable bonds is 1. The Labute approximate surface area is 111 Å². The number of hydrogen-bond acceptors (Lipinski definition) is 4. The molecule has 2 aliphatic heterocycles. The van der Waals surface area contributed by atoms with Gasteiger partial charge in [-0.3, -0.25) is 4.90 Å². The van der Waals surface area contributed by atoms with E-state index in [-0.39, 0.29) is 17.4 Å². The summed E-state index contributed by atoms with van der Waals surface area (Å²) in [6, 6.07) is 3.30. The van der Waals surface area contributed by atoms with Gasteiger partial charge in [-0.05, 0) is 24.1 Å². The molecule has 5 heteroatoms. The first kappa shape index (κ1) is 12.6. The predicted molar refractivity (Wildman–Crippen MR) is 66.5 cm³/mol. The van der Waals surface area contributed by atoms with Crippen molar-refractivity contribution in [2.24, 2.45) is 0 Å². The molecule has 1 aromatic rings. The van der Waals surface area contributed by atoms with E-state index in [0.717, 1.165) is 18.5 Å². The third-order valence-electron chi connectivity index (χ3n) is 3.88. The molecule has 0 aliphatic carbocycles. The van der Waals surface area contributed by atoms with E-state index < -0.39 is 5.97 Å². The van der Waals surface area contributed by atoms with Gasteiger partial charge in [0.05, 0.1) is 25.9 Å². The van der Waals surface area contributed by atoms with Crippen molar-refractivity contribution in [3.8, 4) is 0 Å². The summed E-state index contributed by atoms with van der Waals surface area (Å²) in [5.74, 6) is -0.813. The van der Waals surface area contributed by atoms with Crippen molar-refractivity contribution in [1.29, 1.82) is 0 Å². The first-order valence-electron chi connectivity index (χ1n) is 6.40. The predicted octanol–water partition coefficient (Wildman–Crippen LogP) is 1.37. The van der Waals surface area contributed by atoms with Crippen LogP contribution >= 0.6 is 0 Å². The largest absolute Gasteiger partial charge is 0.465 e. The number of nitrogens with zero attached hydrogens (tertiary/aromatic N) is 1. The lowest BCUT2D eigenvalue weighted by Gasteiger charge is -2.40. The summed E-state index contributed by atoms with van der Waals surface area (Å²) in [4.78, 5) is 13.8. The van der Waals surface area contributed by atoms with Crippen LogP contribution < -0.4 is 0 Å². The van der Waals surface area contributed by atoms with Gasteiger partial charge >= 0.3 is 5.97 Å². The van der Waals surface area contributed by atoms with Crippen LogP contribution in [0.1, 0.15) is 21.5 Å². The molecule has 2 aliphatic rings. The van der Waals surface area contributed by atoms with Crippen molar-refractivity contribution in [3.63, 3.8) is 0 Å². The van der Waals surface area contributed by atoms with Gasteiger partial charge < -0.3 is 9.47 Å². The molecule has 2 heterocycles. The van der Waals surface area contributed by atoms with Gasteiger partial charge in [-0.2, -0.15) is 0 Å². The van der Waals surface area contributed by atoms with Crippen molar-refractivity contribution < 1.29 is 18.7 Å². The lowest BCUT2D eigenvalue weighted by Crippen LogP contribution is -2.48. The van der Waals surface area contributed by atoms with E-state index in [4.69, 9.17) is 4.74 Å². The van der Waals surface area contributed by atoms with Crippen LogP contribution in [0.4, 0.5) is 4.39 Å². The fourth-order valence-electron chi connectivity index (χ4n) is 2.83. The number of halogens is 1. The number of benzene rings is 1. The van der Waals surface area contributed by atoms with Gasteiger partial charge in [0.15, 0.2) is 0 Å². The molecule has 0 N–H and O–H groups in total. The third-order valence-corrected chi connectivity index (χ3v) is 3.88. The molecular weight excluding hydrogens is 249 g/mol. The highest BCUT2D eigenvalue weighted by Crippen LogP contribution is 2.28. The third kappa shape index (κ3) is 2.24. The Morgan fingerprint density at radius 1 is 1.53 bits per heavy atom. The maximum absolute atomic E-state index is 14.1. The summed E-state index contributed by atoms with van der Waals surface area (Å²) in [6.45, 7) is 2.80. The number of methoxy groups -OCH3 is 1. The topological polar surface area (TPSA) is 38.8 Å². The summed E-state index contributed by atoms with van der Waals surface area (Å²) in [5, 5.41) is 0. The van der Waals surface area contributed by atoms with Gasteiger partial charge in [-0.1, -0.05) is 0 Å². The van der Waals surface area contributed by atoms with Crippen molar-refractivity contribution in [1.82, 2.24) is 4.90 Å². The molecular formula is C14H16FNO3. The fourth-order valence-corrected chi connectivity index (χ4v) is 2.83. The van der Waals surface area contributed by atoms with Gasteiger partial charge in [0.1, 0.15) is 5.82 Å². The Bertz CT molecular complexity index is 518. The quantitative estimate of drug-likeness (QED) is 0.719. The van der Waals surface area contributed by atoms with Gasteiger partial charge in [-0.25, -0.2) is 9.18 Å². The van der Waals surface area contributed by atoms with E-state index in [9.17, 15) is 9.18 Å². The number of carbonyl (C=O) groups excluding carboxylic acids is 1. The highest BCUT2D eigenvalue weighted by molar-refractivity contribution is 5.89. The summed E-state index contributed by atoms with van der Waals surface area (Å²) in [6.07, 6.45) is 0.719. The Balaban J connectivity index is 1.96. The molecule has 0 amide bonds. The Hall–Kier alpha value is -1.46. The van der Waals surface area contributed by atoms with E-state index in [2.05, 4.69) is 9.64 Å². The zero-order chi connectivity index (χ0) is 13.4. The first-order chi connectivity index (χ1) is 9.19. The van der Waals surface area contributed by atoms with Crippen molar-refractivity contribution in [2.75, 3.05) is 26.9 Å². The van der Waals surface area contributed by atoms with E-state index in [1.165, 1.54) is 13.2 Å². The molecule has 19 heavy (non-hydrogen) atoms. The van der Waals surface area contributed by atoms with Crippen LogP contribution in [0.15, 0.2) is 12.1 Å². The zero-order valence-corrected chi connectivity index (χ0v) is 10.8. The molecule has 0 radical (unpaired) electrons. The number of ether oxygens (including phenoxy) is 2. The summed E-state index contributed by atoms with van der Waals surface area (Å²) < 4.78 is 24.2. The second-order valence-electron chi connectivity index (χ2n) is 4.99. The highest BCUT2D eigenvalue weighted by atomic mass is 19.1. The van der Waals surface area contributed by atoms with Crippen LogP contribution in [-0.4, -0.2) is 43.8 Å². The maximum Gasteiger partial charge on any atom is 0.337 e. The van der Waals surface area contributed by atoms with Gasteiger partial charge in [0.2, 0.25) is 0 Å². The highest BCUT2D eigenvalue weighted by Gasteiger charge is 2.31. The van der Waals surface area contributed by atoms with E-state index >= 15 is 0 Å². The SMILES string of the molecule is COC(=O)c1cc(F)c2c(c1)C[C@H]1COCCN1C2. The monoisotopic (exact) mass is 265 g/mol. The van der Waals surface area contributed by atoms with Gasteiger partial charge in [-0.15, -0.1) is 0 Å². The second kappa shape index (κ2) is 4.90. The van der Waals surface area contributed by atoms with Crippen molar-refractivity contribution in [2.45, 2.75) is 19.0 Å². The number of hydrogen-bond donors (Lipinski definition) is 0. The summed E-state index contributed by atoms with van der Waals surface area (Å²) >= 11 is 0. The first-order valence-corrected chi connectivity index (χ1v) is 6.40. The molecule has 1 saturated heterocycles. The Morgan fingerprint density at radius 3 is 3.16 bits per heavy atom. The van der Waals surface area contributed by atoms with Crippen molar-refractivity contribution in [3.05, 3.63) is 34.6 Å². The normalized spacial score (nSPS) is 22.5. The minimum Gasteiger partial charge on any atom is -0.465 e. The molecule has 0 bridgehead atoms. The van der Waals surface area contributed by atoms with Crippen LogP contribution in [-0.2, 0) is 22.4 Å². The molecule has 1 aromatic carbocycles. The number of carbonyl (C=O) groups is 1. The molecule has 4 nitrogen and oxygen atoms in total. The van der Waals surface area contributed by atoms with Gasteiger partial charge in [0, 0.05) is 24.7 Å². The molecule has 0 aromatic heterocycles. The van der Waals surface area contributed by atoms with E-state index in [1.54, 1.807) is 6.07 Å². The van der Waals surface area contributed by atoms with E-state index in [1.807, 2.05) is 0 Å². The summed E-state index contributed by atoms with van der Waals surface area (Å²) in [7, 11) is 1.30. The van der Waals surface area contributed by atoms with E-state index in [0.29, 0.717) is 25.3 Å². The molecule has 0 saturated carbocycles. The molecule has 1 fully saturated rings. The molecule has 3 rings (SSSR count). The standard InChI is InChI=1S/C14H16FNO3/c1-18-14(17)10-4-9-5-11-8-19-3-2-16(11)7-12(9)13(15)6-10/h4,6,11H,2-3,5,7-8H2,1H3/t11-/m0/s1. The zero-order valence-electron chi connectivity index (χ0n) is 10.8. The maximum atomic E-state index is 14.1. The van der Waals surface area contributed by atoms with Crippen LogP contribution in [0.2, 0.25) is 0 Å². The van der Waals surface area contributed by atoms with Crippen LogP contribution in [0.25, 0.3) is 0 Å². The summed E-state index contributed by atoms with van der Waals surface area (Å²) in [5.41, 5.74) is 1.88. The molecule has 1 atom stereocenters. The smallest absolute Gasteiger partial charge is 0.337 e.